The Labute approximate surface area is 120 Å². The highest BCUT2D eigenvalue weighted by Crippen LogP contribution is 2.21. The molecule has 1 unspecified atom stereocenters. The number of ether oxygens (including phenoxy) is 1. The van der Waals surface area contributed by atoms with E-state index in [0.717, 1.165) is 12.1 Å². The zero-order chi connectivity index (χ0) is 15.6. The van der Waals surface area contributed by atoms with E-state index in [9.17, 15) is 13.6 Å². The number of methoxy groups -OCH3 is 1. The van der Waals surface area contributed by atoms with E-state index in [1.54, 1.807) is 7.11 Å². The van der Waals surface area contributed by atoms with Crippen molar-refractivity contribution in [3.8, 4) is 0 Å². The molecule has 1 aromatic heterocycles. The van der Waals surface area contributed by atoms with Crippen molar-refractivity contribution < 1.29 is 23.4 Å². The standard InChI is InChI=1S/C14H16F2N2O3/c1-8(21-2)3-4-13-17-11-5-9(15)10(16)6-12(11)18(13)7-14(19)20/h5-6,8H,3-4,7H2,1-2H3,(H,19,20). The maximum atomic E-state index is 13.4. The Morgan fingerprint density at radius 1 is 1.43 bits per heavy atom. The van der Waals surface area contributed by atoms with Gasteiger partial charge in [-0.25, -0.2) is 13.8 Å². The summed E-state index contributed by atoms with van der Waals surface area (Å²) < 4.78 is 33.1. The van der Waals surface area contributed by atoms with Gasteiger partial charge in [-0.2, -0.15) is 0 Å². The second-order valence-corrected chi connectivity index (χ2v) is 4.85. The Morgan fingerprint density at radius 3 is 2.71 bits per heavy atom. The number of aryl methyl sites for hydroxylation is 1. The van der Waals surface area contributed by atoms with Gasteiger partial charge in [-0.05, 0) is 13.3 Å². The van der Waals surface area contributed by atoms with Gasteiger partial charge in [-0.1, -0.05) is 0 Å². The zero-order valence-corrected chi connectivity index (χ0v) is 11.8. The normalized spacial score (nSPS) is 12.8. The largest absolute Gasteiger partial charge is 0.480 e. The van der Waals surface area contributed by atoms with E-state index in [4.69, 9.17) is 9.84 Å². The predicted octanol–water partition coefficient (Wildman–Crippen LogP) is 2.37. The van der Waals surface area contributed by atoms with Gasteiger partial charge in [0.1, 0.15) is 12.4 Å². The lowest BCUT2D eigenvalue weighted by Gasteiger charge is -2.10. The summed E-state index contributed by atoms with van der Waals surface area (Å²) in [6.45, 7) is 1.53. The maximum Gasteiger partial charge on any atom is 0.323 e. The predicted molar refractivity (Wildman–Crippen MR) is 72.1 cm³/mol. The molecule has 0 aliphatic rings. The Morgan fingerprint density at radius 2 is 2.10 bits per heavy atom. The highest BCUT2D eigenvalue weighted by molar-refractivity contribution is 5.78. The van der Waals surface area contributed by atoms with Gasteiger partial charge in [-0.15, -0.1) is 0 Å². The Hall–Kier alpha value is -2.02. The van der Waals surface area contributed by atoms with Gasteiger partial charge in [0.05, 0.1) is 17.1 Å². The molecule has 21 heavy (non-hydrogen) atoms. The first-order valence-corrected chi connectivity index (χ1v) is 6.51. The van der Waals surface area contributed by atoms with Gasteiger partial charge in [0.25, 0.3) is 0 Å². The molecule has 114 valence electrons. The third-order valence-electron chi connectivity index (χ3n) is 3.34. The number of nitrogens with zero attached hydrogens (tertiary/aromatic N) is 2. The summed E-state index contributed by atoms with van der Waals surface area (Å²) >= 11 is 0. The fourth-order valence-corrected chi connectivity index (χ4v) is 2.12. The molecule has 0 fully saturated rings. The fraction of sp³-hybridized carbons (Fsp3) is 0.429. The van der Waals surface area contributed by atoms with Crippen LogP contribution in [0.3, 0.4) is 0 Å². The molecule has 2 aromatic rings. The molecular weight excluding hydrogens is 282 g/mol. The van der Waals surface area contributed by atoms with Crippen molar-refractivity contribution in [1.82, 2.24) is 9.55 Å². The summed E-state index contributed by atoms with van der Waals surface area (Å²) in [4.78, 5) is 15.2. The minimum absolute atomic E-state index is 0.0171. The van der Waals surface area contributed by atoms with E-state index >= 15 is 0 Å². The molecule has 0 bridgehead atoms. The molecule has 0 saturated heterocycles. The molecule has 2 rings (SSSR count). The van der Waals surface area contributed by atoms with E-state index < -0.39 is 17.6 Å². The van der Waals surface area contributed by atoms with Crippen molar-refractivity contribution in [3.05, 3.63) is 29.6 Å². The molecule has 0 spiro atoms. The molecular formula is C14H16F2N2O3. The average Bonchev–Trinajstić information content (AvgIpc) is 2.73. The summed E-state index contributed by atoms with van der Waals surface area (Å²) in [7, 11) is 1.58. The Balaban J connectivity index is 2.44. The SMILES string of the molecule is COC(C)CCc1nc2cc(F)c(F)cc2n1CC(=O)O. The number of aliphatic carboxylic acids is 1. The molecule has 1 heterocycles. The van der Waals surface area contributed by atoms with Crippen LogP contribution >= 0.6 is 0 Å². The number of aromatic nitrogens is 2. The summed E-state index contributed by atoms with van der Waals surface area (Å²) in [6.07, 6.45) is 1.07. The van der Waals surface area contributed by atoms with Gasteiger partial charge in [0.2, 0.25) is 0 Å². The first kappa shape index (κ1) is 15.4. The van der Waals surface area contributed by atoms with E-state index in [1.807, 2.05) is 6.92 Å². The molecule has 5 nitrogen and oxygen atoms in total. The number of benzene rings is 1. The lowest BCUT2D eigenvalue weighted by molar-refractivity contribution is -0.137. The first-order valence-electron chi connectivity index (χ1n) is 6.51. The van der Waals surface area contributed by atoms with Crippen molar-refractivity contribution in [2.24, 2.45) is 0 Å². The molecule has 0 amide bonds. The molecule has 7 heteroatoms. The van der Waals surface area contributed by atoms with Gasteiger partial charge in [0.15, 0.2) is 11.6 Å². The van der Waals surface area contributed by atoms with E-state index in [0.29, 0.717) is 18.7 Å². The van der Waals surface area contributed by atoms with Crippen LogP contribution in [0.15, 0.2) is 12.1 Å². The summed E-state index contributed by atoms with van der Waals surface area (Å²) in [5, 5.41) is 8.98. The molecule has 1 atom stereocenters. The van der Waals surface area contributed by atoms with E-state index in [-0.39, 0.29) is 23.7 Å². The van der Waals surface area contributed by atoms with Gasteiger partial charge in [0, 0.05) is 25.7 Å². The number of rotatable bonds is 6. The van der Waals surface area contributed by atoms with Crippen LogP contribution < -0.4 is 0 Å². The molecule has 0 radical (unpaired) electrons. The topological polar surface area (TPSA) is 64.4 Å². The lowest BCUT2D eigenvalue weighted by atomic mass is 10.2. The molecule has 1 N–H and O–H groups in total. The van der Waals surface area contributed by atoms with E-state index in [2.05, 4.69) is 4.98 Å². The number of imidazole rings is 1. The van der Waals surface area contributed by atoms with Gasteiger partial charge >= 0.3 is 5.97 Å². The van der Waals surface area contributed by atoms with Gasteiger partial charge in [-0.3, -0.25) is 4.79 Å². The quantitative estimate of drug-likeness (QED) is 0.889. The minimum Gasteiger partial charge on any atom is -0.480 e. The summed E-state index contributed by atoms with van der Waals surface area (Å²) in [5.41, 5.74) is 0.520. The summed E-state index contributed by atoms with van der Waals surface area (Å²) in [5.74, 6) is -2.62. The number of fused-ring (bicyclic) bond motifs is 1. The van der Waals surface area contributed by atoms with E-state index in [1.165, 1.54) is 4.57 Å². The number of hydrogen-bond donors (Lipinski definition) is 1. The smallest absolute Gasteiger partial charge is 0.323 e. The second-order valence-electron chi connectivity index (χ2n) is 4.85. The van der Waals surface area contributed by atoms with Crippen molar-refractivity contribution in [2.75, 3.05) is 7.11 Å². The van der Waals surface area contributed by atoms with Gasteiger partial charge < -0.3 is 14.4 Å². The molecule has 0 aliphatic heterocycles. The monoisotopic (exact) mass is 298 g/mol. The van der Waals surface area contributed by atoms with Crippen LogP contribution in [0.1, 0.15) is 19.2 Å². The van der Waals surface area contributed by atoms with Crippen LogP contribution in [0.5, 0.6) is 0 Å². The van der Waals surface area contributed by atoms with Crippen LogP contribution in [0, 0.1) is 11.6 Å². The van der Waals surface area contributed by atoms with Crippen LogP contribution in [0.4, 0.5) is 8.78 Å². The number of halogens is 2. The first-order chi connectivity index (χ1) is 9.92. The van der Waals surface area contributed by atoms with Crippen LogP contribution in [0.2, 0.25) is 0 Å². The number of carboxylic acid groups (broad SMARTS) is 1. The van der Waals surface area contributed by atoms with Crippen LogP contribution in [-0.4, -0.2) is 33.8 Å². The fourth-order valence-electron chi connectivity index (χ4n) is 2.12. The number of hydrogen-bond acceptors (Lipinski definition) is 3. The third-order valence-corrected chi connectivity index (χ3v) is 3.34. The lowest BCUT2D eigenvalue weighted by Crippen LogP contribution is -2.14. The second kappa shape index (κ2) is 6.17. The average molecular weight is 298 g/mol. The van der Waals surface area contributed by atoms with Crippen LogP contribution in [-0.2, 0) is 22.5 Å². The number of carboxylic acids is 1. The molecule has 0 aliphatic carbocycles. The minimum atomic E-state index is -1.07. The maximum absolute atomic E-state index is 13.4. The Bertz CT molecular complexity index is 670. The molecule has 0 saturated carbocycles. The highest BCUT2D eigenvalue weighted by Gasteiger charge is 2.16. The van der Waals surface area contributed by atoms with Crippen molar-refractivity contribution >= 4 is 17.0 Å². The zero-order valence-electron chi connectivity index (χ0n) is 11.8. The number of carbonyl (C=O) groups is 1. The third kappa shape index (κ3) is 3.36. The molecule has 1 aromatic carbocycles. The summed E-state index contributed by atoms with van der Waals surface area (Å²) in [6, 6.07) is 1.95. The van der Waals surface area contributed by atoms with Crippen molar-refractivity contribution in [2.45, 2.75) is 32.4 Å². The highest BCUT2D eigenvalue weighted by atomic mass is 19.2. The van der Waals surface area contributed by atoms with Crippen molar-refractivity contribution in [3.63, 3.8) is 0 Å². The Kier molecular flexibility index (Phi) is 4.52. The van der Waals surface area contributed by atoms with Crippen molar-refractivity contribution in [1.29, 1.82) is 0 Å². The van der Waals surface area contributed by atoms with Crippen LogP contribution in [0.25, 0.3) is 11.0 Å².